The van der Waals surface area contributed by atoms with Crippen molar-refractivity contribution in [3.05, 3.63) is 53.9 Å². The van der Waals surface area contributed by atoms with Gasteiger partial charge in [0.15, 0.2) is 0 Å². The summed E-state index contributed by atoms with van der Waals surface area (Å²) < 4.78 is 0. The summed E-state index contributed by atoms with van der Waals surface area (Å²) in [5, 5.41) is 11.0. The number of nitrogens with zero attached hydrogens (tertiary/aromatic N) is 3. The van der Waals surface area contributed by atoms with Gasteiger partial charge in [-0.25, -0.2) is 0 Å². The molecule has 1 N–H and O–H groups in total. The molecule has 112 valence electrons. The lowest BCUT2D eigenvalue weighted by Crippen LogP contribution is -2.46. The number of anilines is 1. The van der Waals surface area contributed by atoms with Gasteiger partial charge in [0.25, 0.3) is 5.91 Å². The van der Waals surface area contributed by atoms with Crippen molar-refractivity contribution in [1.29, 1.82) is 0 Å². The van der Waals surface area contributed by atoms with Crippen molar-refractivity contribution in [2.24, 2.45) is 0 Å². The minimum atomic E-state index is 0.0593. The number of carbonyl (C=O) groups excluding carboxylic acids is 1. The largest absolute Gasteiger partial charge is 0.384 e. The van der Waals surface area contributed by atoms with E-state index in [1.165, 1.54) is 11.3 Å². The lowest BCUT2D eigenvalue weighted by Gasteiger charge is -2.39. The molecule has 2 aliphatic heterocycles. The molecule has 1 aromatic carbocycles. The zero-order valence-electron chi connectivity index (χ0n) is 12.3. The molecule has 1 aromatic heterocycles. The zero-order chi connectivity index (χ0) is 15.0. The first-order valence-electron chi connectivity index (χ1n) is 7.68. The molecule has 0 saturated carbocycles. The Labute approximate surface area is 129 Å². The molecule has 1 saturated heterocycles. The number of likely N-dealkylation sites (tertiary alicyclic amines) is 1. The Morgan fingerprint density at radius 3 is 2.73 bits per heavy atom. The minimum Gasteiger partial charge on any atom is -0.384 e. The molecule has 1 amide bonds. The predicted octanol–water partition coefficient (Wildman–Crippen LogP) is 2.08. The van der Waals surface area contributed by atoms with E-state index < -0.39 is 0 Å². The van der Waals surface area contributed by atoms with Gasteiger partial charge in [0.2, 0.25) is 0 Å². The van der Waals surface area contributed by atoms with E-state index in [1.54, 1.807) is 18.5 Å². The second-order valence-electron chi connectivity index (χ2n) is 6.10. The second kappa shape index (κ2) is 5.09. The van der Waals surface area contributed by atoms with Gasteiger partial charge in [0, 0.05) is 30.7 Å². The van der Waals surface area contributed by atoms with Crippen LogP contribution in [0.4, 0.5) is 5.69 Å². The standard InChI is InChI=1S/C17H18N4O/c22-16(13-5-8-19-20-11-13)21-9-6-17(7-10-21)12-18-15-4-2-1-3-14(15)17/h1-5,8,11,18H,6-7,9-10,12H2. The van der Waals surface area contributed by atoms with Crippen LogP contribution in [0.5, 0.6) is 0 Å². The lowest BCUT2D eigenvalue weighted by atomic mass is 9.74. The third-order valence-electron chi connectivity index (χ3n) is 4.95. The highest BCUT2D eigenvalue weighted by molar-refractivity contribution is 5.93. The average molecular weight is 294 g/mol. The number of hydrogen-bond donors (Lipinski definition) is 1. The number of carbonyl (C=O) groups is 1. The van der Waals surface area contributed by atoms with Crippen molar-refractivity contribution >= 4 is 11.6 Å². The maximum atomic E-state index is 12.5. The summed E-state index contributed by atoms with van der Waals surface area (Å²) in [5.74, 6) is 0.0593. The Hall–Kier alpha value is -2.43. The van der Waals surface area contributed by atoms with E-state index in [0.717, 1.165) is 32.5 Å². The normalized spacial score (nSPS) is 18.8. The number of piperidine rings is 1. The number of aromatic nitrogens is 2. The molecule has 5 nitrogen and oxygen atoms in total. The highest BCUT2D eigenvalue weighted by Crippen LogP contribution is 2.43. The molecular weight excluding hydrogens is 276 g/mol. The number of nitrogens with one attached hydrogen (secondary N) is 1. The summed E-state index contributed by atoms with van der Waals surface area (Å²) in [6, 6.07) is 10.3. The SMILES string of the molecule is O=C(c1ccnnc1)N1CCC2(CC1)CNc1ccccc12. The van der Waals surface area contributed by atoms with Gasteiger partial charge in [0.1, 0.15) is 0 Å². The first-order chi connectivity index (χ1) is 10.8. The molecular formula is C17H18N4O. The van der Waals surface area contributed by atoms with Crippen LogP contribution < -0.4 is 5.32 Å². The van der Waals surface area contributed by atoms with Gasteiger partial charge in [-0.05, 0) is 30.5 Å². The van der Waals surface area contributed by atoms with Gasteiger partial charge in [-0.1, -0.05) is 18.2 Å². The molecule has 0 atom stereocenters. The highest BCUT2D eigenvalue weighted by atomic mass is 16.2. The van der Waals surface area contributed by atoms with Crippen molar-refractivity contribution in [2.75, 3.05) is 25.0 Å². The summed E-state index contributed by atoms with van der Waals surface area (Å²) in [5.41, 5.74) is 3.47. The van der Waals surface area contributed by atoms with Crippen LogP contribution in [-0.4, -0.2) is 40.6 Å². The van der Waals surface area contributed by atoms with Crippen LogP contribution in [0.15, 0.2) is 42.7 Å². The maximum absolute atomic E-state index is 12.5. The quantitative estimate of drug-likeness (QED) is 0.875. The summed E-state index contributed by atoms with van der Waals surface area (Å²) >= 11 is 0. The Morgan fingerprint density at radius 2 is 1.95 bits per heavy atom. The van der Waals surface area contributed by atoms with E-state index in [2.05, 4.69) is 39.8 Å². The van der Waals surface area contributed by atoms with E-state index in [9.17, 15) is 4.79 Å². The third kappa shape index (κ3) is 2.04. The molecule has 4 rings (SSSR count). The van der Waals surface area contributed by atoms with E-state index in [4.69, 9.17) is 0 Å². The van der Waals surface area contributed by atoms with Crippen LogP contribution >= 0.6 is 0 Å². The van der Waals surface area contributed by atoms with Crippen LogP contribution in [0.2, 0.25) is 0 Å². The Kier molecular flexibility index (Phi) is 3.06. The van der Waals surface area contributed by atoms with Crippen molar-refractivity contribution in [2.45, 2.75) is 18.3 Å². The van der Waals surface area contributed by atoms with E-state index in [0.29, 0.717) is 5.56 Å². The van der Waals surface area contributed by atoms with Gasteiger partial charge < -0.3 is 10.2 Å². The Bertz CT molecular complexity index is 693. The van der Waals surface area contributed by atoms with Gasteiger partial charge >= 0.3 is 0 Å². The molecule has 2 aromatic rings. The lowest BCUT2D eigenvalue weighted by molar-refractivity contribution is 0.0675. The number of fused-ring (bicyclic) bond motifs is 2. The van der Waals surface area contributed by atoms with Crippen molar-refractivity contribution < 1.29 is 4.79 Å². The number of para-hydroxylation sites is 1. The van der Waals surface area contributed by atoms with Gasteiger partial charge in [-0.3, -0.25) is 4.79 Å². The predicted molar refractivity (Wildman–Crippen MR) is 83.8 cm³/mol. The fraction of sp³-hybridized carbons (Fsp3) is 0.353. The molecule has 0 unspecified atom stereocenters. The van der Waals surface area contributed by atoms with Crippen molar-refractivity contribution in [1.82, 2.24) is 15.1 Å². The third-order valence-corrected chi connectivity index (χ3v) is 4.95. The number of rotatable bonds is 1. The topological polar surface area (TPSA) is 58.1 Å². The smallest absolute Gasteiger partial charge is 0.255 e. The van der Waals surface area contributed by atoms with E-state index >= 15 is 0 Å². The van der Waals surface area contributed by atoms with Crippen LogP contribution in [0.1, 0.15) is 28.8 Å². The molecule has 0 aliphatic carbocycles. The molecule has 3 heterocycles. The zero-order valence-corrected chi connectivity index (χ0v) is 12.3. The van der Waals surface area contributed by atoms with Crippen molar-refractivity contribution in [3.8, 4) is 0 Å². The van der Waals surface area contributed by atoms with Crippen molar-refractivity contribution in [3.63, 3.8) is 0 Å². The summed E-state index contributed by atoms with van der Waals surface area (Å²) in [4.78, 5) is 14.4. The first-order valence-corrected chi connectivity index (χ1v) is 7.68. The highest BCUT2D eigenvalue weighted by Gasteiger charge is 2.42. The van der Waals surface area contributed by atoms with Gasteiger partial charge in [-0.15, -0.1) is 0 Å². The van der Waals surface area contributed by atoms with Crippen LogP contribution in [0.25, 0.3) is 0 Å². The van der Waals surface area contributed by atoms with E-state index in [1.807, 2.05) is 4.90 Å². The molecule has 0 radical (unpaired) electrons. The number of benzene rings is 1. The van der Waals surface area contributed by atoms with Crippen LogP contribution in [-0.2, 0) is 5.41 Å². The second-order valence-corrected chi connectivity index (χ2v) is 6.10. The first kappa shape index (κ1) is 13.2. The van der Waals surface area contributed by atoms with Crippen LogP contribution in [0, 0.1) is 0 Å². The summed E-state index contributed by atoms with van der Waals surface area (Å²) in [6.07, 6.45) is 5.11. The van der Waals surface area contributed by atoms with E-state index in [-0.39, 0.29) is 11.3 Å². The monoisotopic (exact) mass is 294 g/mol. The summed E-state index contributed by atoms with van der Waals surface area (Å²) in [7, 11) is 0. The molecule has 1 spiro atoms. The Morgan fingerprint density at radius 1 is 1.14 bits per heavy atom. The van der Waals surface area contributed by atoms with Crippen LogP contribution in [0.3, 0.4) is 0 Å². The molecule has 1 fully saturated rings. The average Bonchev–Trinajstić information content (AvgIpc) is 2.95. The molecule has 2 aliphatic rings. The molecule has 5 heteroatoms. The number of amides is 1. The summed E-state index contributed by atoms with van der Waals surface area (Å²) in [6.45, 7) is 2.56. The number of hydrogen-bond acceptors (Lipinski definition) is 4. The van der Waals surface area contributed by atoms with Gasteiger partial charge in [0.05, 0.1) is 18.0 Å². The maximum Gasteiger partial charge on any atom is 0.255 e. The molecule has 22 heavy (non-hydrogen) atoms. The Balaban J connectivity index is 1.51. The fourth-order valence-corrected chi connectivity index (χ4v) is 3.64. The molecule has 0 bridgehead atoms. The minimum absolute atomic E-state index is 0.0593. The van der Waals surface area contributed by atoms with Gasteiger partial charge in [-0.2, -0.15) is 10.2 Å². The fourth-order valence-electron chi connectivity index (χ4n) is 3.64.